The van der Waals surface area contributed by atoms with Gasteiger partial charge in [-0.15, -0.1) is 0 Å². The monoisotopic (exact) mass is 1820 g/mol. The number of hydrogen-bond acceptors (Lipinski definition) is 1. The van der Waals surface area contributed by atoms with Gasteiger partial charge >= 0.3 is 24.7 Å². The Bertz CT molecular complexity index is 5840. The van der Waals surface area contributed by atoms with Gasteiger partial charge in [0, 0.05) is 152 Å². The third-order valence-electron chi connectivity index (χ3n) is 18.1. The summed E-state index contributed by atoms with van der Waals surface area (Å²) in [4.78, 5) is 1.47. The Morgan fingerprint density at radius 3 is 1.02 bits per heavy atom. The van der Waals surface area contributed by atoms with Crippen LogP contribution in [0.4, 0.5) is 110 Å². The van der Waals surface area contributed by atoms with Gasteiger partial charge in [-0.2, -0.15) is 52.7 Å². The second-order valence-corrected chi connectivity index (χ2v) is 37.0. The van der Waals surface area contributed by atoms with Gasteiger partial charge in [0.15, 0.2) is 87.3 Å². The van der Waals surface area contributed by atoms with Crippen molar-refractivity contribution in [1.29, 1.82) is 0 Å². The van der Waals surface area contributed by atoms with E-state index in [0.29, 0.717) is 58.0 Å². The molecule has 1 saturated heterocycles. The van der Waals surface area contributed by atoms with Crippen molar-refractivity contribution >= 4 is 85.0 Å². The van der Waals surface area contributed by atoms with E-state index >= 15 is 0 Å². The molecule has 14 aromatic carbocycles. The number of benzene rings is 14. The summed E-state index contributed by atoms with van der Waals surface area (Å²) in [6, 6.07) is 63.9. The summed E-state index contributed by atoms with van der Waals surface area (Å²) in [5.74, 6) is -11.6. The number of alkyl halides is 12. The van der Waals surface area contributed by atoms with Crippen molar-refractivity contribution in [1.82, 2.24) is 0 Å². The molecule has 1 nitrogen and oxygen atoms in total. The van der Waals surface area contributed by atoms with E-state index < -0.39 is 167 Å². The Balaban J connectivity index is 0.000000141. The molecule has 0 atom stereocenters. The average molecular weight is 1820 g/mol. The minimum absolute atomic E-state index is 0.00694. The van der Waals surface area contributed by atoms with Gasteiger partial charge in [0.25, 0.3) is 0 Å². The van der Waals surface area contributed by atoms with Crippen LogP contribution in [-0.4, -0.2) is 24.3 Å². The third kappa shape index (κ3) is 23.1. The van der Waals surface area contributed by atoms with Gasteiger partial charge in [-0.1, -0.05) is 91.0 Å². The van der Waals surface area contributed by atoms with Gasteiger partial charge in [-0.25, -0.2) is 57.1 Å². The molecule has 0 saturated carbocycles. The number of halogens is 25. The van der Waals surface area contributed by atoms with Crippen LogP contribution in [0.1, 0.15) is 36.0 Å². The van der Waals surface area contributed by atoms with Crippen LogP contribution >= 0.6 is 10.5 Å². The number of rotatable bonds is 13. The summed E-state index contributed by atoms with van der Waals surface area (Å²) in [6.45, 7) is -1.25. The molecule has 1 aliphatic rings. The lowest BCUT2D eigenvalue weighted by Gasteiger charge is -2.17. The van der Waals surface area contributed by atoms with Gasteiger partial charge in [0.05, 0.1) is 27.4 Å². The highest BCUT2D eigenvalue weighted by atomic mass is 32.2. The molecule has 0 N–H and O–H groups in total. The van der Waals surface area contributed by atoms with Crippen LogP contribution in [0.15, 0.2) is 340 Å². The maximum Gasteiger partial charge on any atom is 0.422 e. The minimum atomic E-state index is -4.68. The summed E-state index contributed by atoms with van der Waals surface area (Å²) >= 11 is 0. The molecular formula is C92H60F25OS5+5. The second-order valence-electron chi connectivity index (χ2n) is 26.7. The molecule has 0 radical (unpaired) electrons. The lowest BCUT2D eigenvalue weighted by molar-refractivity contribution is -0.153. The molecule has 2 heterocycles. The van der Waals surface area contributed by atoms with Gasteiger partial charge in [-0.05, 0) is 110 Å². The van der Waals surface area contributed by atoms with Gasteiger partial charge < -0.3 is 4.74 Å². The van der Waals surface area contributed by atoms with Crippen LogP contribution in [0.3, 0.4) is 0 Å². The Morgan fingerprint density at radius 2 is 0.634 bits per heavy atom. The zero-order valence-corrected chi connectivity index (χ0v) is 66.9. The molecular weight excluding hydrogens is 1760 g/mol. The fraction of sp³-hybridized carbons (Fsp3) is 0.109. The van der Waals surface area contributed by atoms with Crippen molar-refractivity contribution in [3.05, 3.63) is 383 Å². The predicted molar refractivity (Wildman–Crippen MR) is 429 cm³/mol. The Kier molecular flexibility index (Phi) is 29.1. The van der Waals surface area contributed by atoms with Crippen LogP contribution in [0, 0.1) is 75.6 Å². The van der Waals surface area contributed by atoms with Crippen molar-refractivity contribution in [2.75, 3.05) is 18.1 Å². The van der Waals surface area contributed by atoms with Crippen LogP contribution < -0.4 is 4.74 Å². The van der Waals surface area contributed by atoms with Crippen LogP contribution in [-0.2, 0) is 62.1 Å². The fourth-order valence-corrected chi connectivity index (χ4v) is 24.8. The summed E-state index contributed by atoms with van der Waals surface area (Å²) in [5, 5.41) is 4.04. The molecule has 0 aliphatic carbocycles. The topological polar surface area (TPSA) is 9.23 Å². The maximum atomic E-state index is 13.6. The smallest absolute Gasteiger partial charge is 0.422 e. The number of hydrogen-bond donors (Lipinski definition) is 0. The third-order valence-corrected chi connectivity index (χ3v) is 29.5. The van der Waals surface area contributed by atoms with E-state index in [9.17, 15) is 110 Å². The fourth-order valence-electron chi connectivity index (χ4n) is 13.1. The molecule has 1 aliphatic heterocycles. The highest BCUT2D eigenvalue weighted by molar-refractivity contribution is 7.98. The largest absolute Gasteiger partial charge is 0.483 e. The number of thiophene rings is 1. The van der Waals surface area contributed by atoms with Crippen LogP contribution in [0.5, 0.6) is 5.75 Å². The molecule has 123 heavy (non-hydrogen) atoms. The van der Waals surface area contributed by atoms with E-state index in [-0.39, 0.29) is 50.1 Å². The molecule has 634 valence electrons. The molecule has 0 spiro atoms. The first kappa shape index (κ1) is 91.2. The normalized spacial score (nSPS) is 12.7. The first-order valence-corrected chi connectivity index (χ1v) is 42.9. The first-order valence-electron chi connectivity index (χ1n) is 36.4. The van der Waals surface area contributed by atoms with Crippen molar-refractivity contribution in [2.24, 2.45) is 0 Å². The molecule has 0 amide bonds. The first-order chi connectivity index (χ1) is 58.3. The van der Waals surface area contributed by atoms with E-state index in [0.717, 1.165) is 110 Å². The van der Waals surface area contributed by atoms with Gasteiger partial charge in [0.2, 0.25) is 0 Å². The van der Waals surface area contributed by atoms with Crippen molar-refractivity contribution < 1.29 is 114 Å². The Morgan fingerprint density at radius 1 is 0.285 bits per heavy atom. The maximum absolute atomic E-state index is 13.6. The molecule has 1 aromatic heterocycles. The van der Waals surface area contributed by atoms with Crippen molar-refractivity contribution in [2.45, 2.75) is 92.9 Å². The van der Waals surface area contributed by atoms with Gasteiger partial charge in [-0.3, -0.25) is 0 Å². The summed E-state index contributed by atoms with van der Waals surface area (Å²) in [5.41, 5.74) is -2.47. The highest BCUT2D eigenvalue weighted by Gasteiger charge is 2.47. The second kappa shape index (κ2) is 39.2. The molecule has 0 unspecified atom stereocenters. The SMILES string of the molecule is FC(F)(F)COc1ccc([S+]2CCCCC2)c2ccccc12.FC(F)(F)c1cccc(-[s+]2c3ccccc3c3ccccc32)c1.FC(F)(F)c1ccccc1[S+](c1ccccc1)c1ccccc1C(F)(F)F.Fc1cc(F)cc([S+](c2cc(F)cc(F)c2)c2cc(F)c(F)c(F)c2)c1.Fc1cc(F)cc([S+](c2cc(F)cc(F)c2)c2cc(F)cc(F)c2)c1. The quantitative estimate of drug-likeness (QED) is 0.0635. The van der Waals surface area contributed by atoms with E-state index in [4.69, 9.17) is 4.74 Å². The van der Waals surface area contributed by atoms with E-state index in [2.05, 4.69) is 0 Å². The molecule has 0 bridgehead atoms. The highest BCUT2D eigenvalue weighted by Crippen LogP contribution is 2.50. The summed E-state index contributed by atoms with van der Waals surface area (Å²) in [6.07, 6.45) is -14.2. The van der Waals surface area contributed by atoms with E-state index in [1.807, 2.05) is 78.9 Å². The molecule has 15 aromatic rings. The van der Waals surface area contributed by atoms with Crippen LogP contribution in [0.25, 0.3) is 35.8 Å². The van der Waals surface area contributed by atoms with Gasteiger partial charge in [0.1, 0.15) is 97.4 Å². The Hall–Kier alpha value is -11.0. The molecule has 16 rings (SSSR count). The predicted octanol–water partition coefficient (Wildman–Crippen LogP) is 29.9. The number of fused-ring (bicyclic) bond motifs is 4. The average Bonchev–Trinajstić information content (AvgIpc) is 1.63. The zero-order chi connectivity index (χ0) is 88.4. The lowest BCUT2D eigenvalue weighted by atomic mass is 10.1. The summed E-state index contributed by atoms with van der Waals surface area (Å²) < 4.78 is 341. The van der Waals surface area contributed by atoms with Crippen molar-refractivity contribution in [3.8, 4) is 10.6 Å². The molecule has 1 fully saturated rings. The summed E-state index contributed by atoms with van der Waals surface area (Å²) in [7, 11) is -5.05. The number of ether oxygens (including phenoxy) is 1. The lowest BCUT2D eigenvalue weighted by Crippen LogP contribution is -2.20. The zero-order valence-electron chi connectivity index (χ0n) is 62.9. The standard InChI is InChI=1S/C20H13F6S.C19H12F3S.C18H8F7S.C18H9F6S.C17H18F3OS/c21-19(22,23)15-10-4-6-12-17(15)27(14-8-2-1-3-9-14)18-13-7-5-11-16(18)20(24,25)26;20-19(21,22)13-6-5-7-14(12-13)23-17-10-3-1-8-15(17)16-9-2-4-11-18(16)23;19-9-1-10(20)4-13(3-9)26(14-5-11(21)2-12(22)6-14)15-7-16(23)18(25)17(24)8-15;19-10-1-11(20)5-16(4-10)25(17-6-12(21)2-13(22)7-17)18-8-14(23)3-15(24)9-18;18-17(19,20)12-21-15-8-9-16(22-10-4-1-5-11-22)14-7-3-2-6-13(14)15/h1-13H;1-12H;1-8H;1-9H;2-3,6-9H,1,4-5,10-12H2/q5*+1. The van der Waals surface area contributed by atoms with E-state index in [1.165, 1.54) is 84.2 Å². The molecule has 31 heteroatoms. The van der Waals surface area contributed by atoms with Crippen LogP contribution in [0.2, 0.25) is 0 Å². The Labute approximate surface area is 700 Å². The minimum Gasteiger partial charge on any atom is -0.483 e. The van der Waals surface area contributed by atoms with E-state index in [1.54, 1.807) is 42.5 Å². The van der Waals surface area contributed by atoms with Crippen molar-refractivity contribution in [3.63, 3.8) is 0 Å².